The van der Waals surface area contributed by atoms with Crippen molar-refractivity contribution < 1.29 is 19.1 Å². The third-order valence-electron chi connectivity index (χ3n) is 6.88. The molecule has 3 heterocycles. The molecule has 2 saturated heterocycles. The summed E-state index contributed by atoms with van der Waals surface area (Å²) < 4.78 is 6.57. The van der Waals surface area contributed by atoms with Crippen molar-refractivity contribution in [2.24, 2.45) is 0 Å². The molecule has 2 aliphatic rings. The molecule has 2 fully saturated rings. The zero-order valence-electron chi connectivity index (χ0n) is 19.8. The molecule has 4 amide bonds. The lowest BCUT2D eigenvalue weighted by Crippen LogP contribution is -2.48. The van der Waals surface area contributed by atoms with Crippen LogP contribution in [0.4, 0.5) is 4.79 Å². The SMILES string of the molecule is COc1ccccc1C[C@]1(C)NC(=O)N(CC(=O)N2CCC(c3nc4ccccc4s3)CC2)C1=O. The lowest BCUT2D eigenvalue weighted by Gasteiger charge is -2.32. The van der Waals surface area contributed by atoms with Crippen molar-refractivity contribution in [1.82, 2.24) is 20.1 Å². The number of imide groups is 1. The van der Waals surface area contributed by atoms with Gasteiger partial charge < -0.3 is 15.0 Å². The number of piperidine rings is 1. The number of nitrogens with one attached hydrogen (secondary N) is 1. The van der Waals surface area contributed by atoms with Gasteiger partial charge >= 0.3 is 6.03 Å². The second-order valence-corrected chi connectivity index (χ2v) is 10.4. The van der Waals surface area contributed by atoms with Gasteiger partial charge in [-0.1, -0.05) is 30.3 Å². The second kappa shape index (κ2) is 9.30. The van der Waals surface area contributed by atoms with Crippen LogP contribution in [0.3, 0.4) is 0 Å². The van der Waals surface area contributed by atoms with Crippen molar-refractivity contribution in [3.63, 3.8) is 0 Å². The molecule has 35 heavy (non-hydrogen) atoms. The van der Waals surface area contributed by atoms with Gasteiger partial charge in [-0.15, -0.1) is 11.3 Å². The Kier molecular flexibility index (Phi) is 6.19. The molecule has 2 aromatic carbocycles. The number of rotatable bonds is 6. The largest absolute Gasteiger partial charge is 0.496 e. The molecule has 1 aromatic heterocycles. The quantitative estimate of drug-likeness (QED) is 0.531. The molecule has 5 rings (SSSR count). The predicted molar refractivity (Wildman–Crippen MR) is 134 cm³/mol. The summed E-state index contributed by atoms with van der Waals surface area (Å²) in [4.78, 5) is 46.5. The molecule has 0 bridgehead atoms. The molecule has 0 saturated carbocycles. The van der Waals surface area contributed by atoms with Gasteiger partial charge in [-0.3, -0.25) is 14.5 Å². The van der Waals surface area contributed by atoms with Crippen molar-refractivity contribution >= 4 is 39.4 Å². The smallest absolute Gasteiger partial charge is 0.325 e. The lowest BCUT2D eigenvalue weighted by atomic mass is 9.92. The highest BCUT2D eigenvalue weighted by Gasteiger charge is 2.49. The molecule has 1 N–H and O–H groups in total. The van der Waals surface area contributed by atoms with Crippen LogP contribution in [0.25, 0.3) is 10.2 Å². The number of urea groups is 1. The van der Waals surface area contributed by atoms with E-state index in [1.807, 2.05) is 42.5 Å². The van der Waals surface area contributed by atoms with Crippen LogP contribution in [0.1, 0.15) is 36.3 Å². The topological polar surface area (TPSA) is 91.8 Å². The fourth-order valence-electron chi connectivity index (χ4n) is 4.92. The molecule has 182 valence electrons. The number of nitrogens with zero attached hydrogens (tertiary/aromatic N) is 3. The van der Waals surface area contributed by atoms with E-state index in [2.05, 4.69) is 11.4 Å². The first-order valence-electron chi connectivity index (χ1n) is 11.8. The summed E-state index contributed by atoms with van der Waals surface area (Å²) in [5.41, 5.74) is 0.697. The van der Waals surface area contributed by atoms with Gasteiger partial charge in [0, 0.05) is 25.4 Å². The molecule has 2 aliphatic heterocycles. The monoisotopic (exact) mass is 492 g/mol. The molecule has 1 atom stereocenters. The fourth-order valence-corrected chi connectivity index (χ4v) is 6.05. The van der Waals surface area contributed by atoms with Gasteiger partial charge in [0.1, 0.15) is 17.8 Å². The van der Waals surface area contributed by atoms with Gasteiger partial charge in [0.15, 0.2) is 0 Å². The molecule has 3 aromatic rings. The Morgan fingerprint density at radius 3 is 2.60 bits per heavy atom. The lowest BCUT2D eigenvalue weighted by molar-refractivity contribution is -0.139. The summed E-state index contributed by atoms with van der Waals surface area (Å²) in [5, 5.41) is 3.89. The van der Waals surface area contributed by atoms with E-state index in [-0.39, 0.29) is 18.9 Å². The number of fused-ring (bicyclic) bond motifs is 1. The van der Waals surface area contributed by atoms with Gasteiger partial charge in [-0.25, -0.2) is 9.78 Å². The van der Waals surface area contributed by atoms with Crippen LogP contribution in [-0.4, -0.2) is 64.9 Å². The first-order valence-corrected chi connectivity index (χ1v) is 12.6. The number of methoxy groups -OCH3 is 1. The molecule has 0 aliphatic carbocycles. The first-order chi connectivity index (χ1) is 16.9. The van der Waals surface area contributed by atoms with Crippen molar-refractivity contribution in [3.05, 3.63) is 59.1 Å². The molecule has 8 nitrogen and oxygen atoms in total. The number of hydrogen-bond donors (Lipinski definition) is 1. The molecule has 9 heteroatoms. The minimum Gasteiger partial charge on any atom is -0.496 e. The average molecular weight is 493 g/mol. The number of thiazole rings is 1. The summed E-state index contributed by atoms with van der Waals surface area (Å²) >= 11 is 1.71. The van der Waals surface area contributed by atoms with Crippen molar-refractivity contribution in [2.75, 3.05) is 26.7 Å². The number of carbonyl (C=O) groups is 3. The minimum absolute atomic E-state index is 0.210. The van der Waals surface area contributed by atoms with E-state index < -0.39 is 17.5 Å². The Hall–Kier alpha value is -3.46. The zero-order chi connectivity index (χ0) is 24.6. The highest BCUT2D eigenvalue weighted by Crippen LogP contribution is 2.34. The van der Waals surface area contributed by atoms with Crippen LogP contribution in [-0.2, 0) is 16.0 Å². The van der Waals surface area contributed by atoms with E-state index in [0.717, 1.165) is 33.8 Å². The van der Waals surface area contributed by atoms with Crippen LogP contribution < -0.4 is 10.1 Å². The third-order valence-corrected chi connectivity index (χ3v) is 8.08. The first kappa shape index (κ1) is 23.3. The molecular formula is C26H28N4O4S. The van der Waals surface area contributed by atoms with Crippen LogP contribution in [0.15, 0.2) is 48.5 Å². The summed E-state index contributed by atoms with van der Waals surface area (Å²) in [6.07, 6.45) is 1.91. The minimum atomic E-state index is -1.13. The Labute approximate surface area is 207 Å². The van der Waals surface area contributed by atoms with E-state index in [1.165, 1.54) is 4.70 Å². The highest BCUT2D eigenvalue weighted by molar-refractivity contribution is 7.18. The number of carbonyl (C=O) groups excluding carboxylic acids is 3. The van der Waals surface area contributed by atoms with Crippen LogP contribution in [0, 0.1) is 0 Å². The maximum atomic E-state index is 13.2. The highest BCUT2D eigenvalue weighted by atomic mass is 32.1. The maximum Gasteiger partial charge on any atom is 0.325 e. The molecule has 0 unspecified atom stereocenters. The Bertz CT molecular complexity index is 1250. The Morgan fingerprint density at radius 2 is 1.86 bits per heavy atom. The van der Waals surface area contributed by atoms with Crippen LogP contribution in [0.5, 0.6) is 5.75 Å². The molecule has 0 radical (unpaired) electrons. The number of likely N-dealkylation sites (tertiary alicyclic amines) is 1. The molecular weight excluding hydrogens is 464 g/mol. The van der Waals surface area contributed by atoms with Gasteiger partial charge in [0.25, 0.3) is 5.91 Å². The van der Waals surface area contributed by atoms with Gasteiger partial charge in [0.05, 0.1) is 22.3 Å². The number of hydrogen-bond acceptors (Lipinski definition) is 6. The maximum absolute atomic E-state index is 13.2. The summed E-state index contributed by atoms with van der Waals surface area (Å²) in [6, 6.07) is 15.0. The van der Waals surface area contributed by atoms with Gasteiger partial charge in [0.2, 0.25) is 5.91 Å². The van der Waals surface area contributed by atoms with Crippen LogP contribution in [0.2, 0.25) is 0 Å². The number of benzene rings is 2. The van der Waals surface area contributed by atoms with E-state index in [1.54, 1.807) is 30.3 Å². The normalized spacial score (nSPS) is 21.0. The van der Waals surface area contributed by atoms with Crippen LogP contribution >= 0.6 is 11.3 Å². The standard InChI is InChI=1S/C26H28N4O4S/c1-26(15-18-7-3-5-9-20(18)34-2)24(32)30(25(33)28-26)16-22(31)29-13-11-17(12-14-29)23-27-19-8-4-6-10-21(19)35-23/h3-10,17H,11-16H2,1-2H3,(H,28,33)/t26-/m0/s1. The average Bonchev–Trinajstić information content (AvgIpc) is 3.39. The number of para-hydroxylation sites is 2. The number of aromatic nitrogens is 1. The summed E-state index contributed by atoms with van der Waals surface area (Å²) in [6.45, 7) is 2.61. The van der Waals surface area contributed by atoms with E-state index in [4.69, 9.17) is 9.72 Å². The second-order valence-electron chi connectivity index (χ2n) is 9.32. The van der Waals surface area contributed by atoms with Gasteiger partial charge in [-0.2, -0.15) is 0 Å². The van der Waals surface area contributed by atoms with E-state index in [9.17, 15) is 14.4 Å². The summed E-state index contributed by atoms with van der Waals surface area (Å²) in [7, 11) is 1.57. The molecule has 0 spiro atoms. The van der Waals surface area contributed by atoms with Crippen molar-refractivity contribution in [1.29, 1.82) is 0 Å². The van der Waals surface area contributed by atoms with E-state index >= 15 is 0 Å². The van der Waals surface area contributed by atoms with Crippen molar-refractivity contribution in [3.8, 4) is 5.75 Å². The Morgan fingerprint density at radius 1 is 1.14 bits per heavy atom. The number of amides is 4. The zero-order valence-corrected chi connectivity index (χ0v) is 20.6. The van der Waals surface area contributed by atoms with Crippen molar-refractivity contribution in [2.45, 2.75) is 37.6 Å². The third kappa shape index (κ3) is 4.48. The van der Waals surface area contributed by atoms with Gasteiger partial charge in [-0.05, 0) is 43.5 Å². The fraction of sp³-hybridized carbons (Fsp3) is 0.385. The Balaban J connectivity index is 1.20. The van der Waals surface area contributed by atoms with E-state index in [0.29, 0.717) is 24.8 Å². The predicted octanol–water partition coefficient (Wildman–Crippen LogP) is 3.56. The number of ether oxygens (including phenoxy) is 1. The summed E-state index contributed by atoms with van der Waals surface area (Å²) in [5.74, 6) is 0.363.